The Bertz CT molecular complexity index is 794. The maximum absolute atomic E-state index is 12.3. The number of benzene rings is 1. The van der Waals surface area contributed by atoms with Crippen molar-refractivity contribution in [3.63, 3.8) is 0 Å². The molecule has 4 rings (SSSR count). The van der Waals surface area contributed by atoms with Gasteiger partial charge in [0.05, 0.1) is 18.4 Å². The van der Waals surface area contributed by atoms with Gasteiger partial charge in [0.25, 0.3) is 0 Å². The van der Waals surface area contributed by atoms with Crippen LogP contribution in [0.5, 0.6) is 5.75 Å². The van der Waals surface area contributed by atoms with Gasteiger partial charge < -0.3 is 14.8 Å². The van der Waals surface area contributed by atoms with Gasteiger partial charge in [-0.2, -0.15) is 0 Å². The number of nitrogens with one attached hydrogen (secondary N) is 1. The smallest absolute Gasteiger partial charge is 0.223 e. The zero-order valence-electron chi connectivity index (χ0n) is 14.3. The molecule has 0 saturated carbocycles. The Balaban J connectivity index is 1.44. The molecule has 1 aromatic carbocycles. The van der Waals surface area contributed by atoms with Gasteiger partial charge in [0, 0.05) is 54.1 Å². The summed E-state index contributed by atoms with van der Waals surface area (Å²) in [6.45, 7) is 1.79. The number of halogens is 1. The molecule has 1 aromatic heterocycles. The van der Waals surface area contributed by atoms with Crippen LogP contribution < -0.4 is 10.1 Å². The quantitative estimate of drug-likeness (QED) is 0.891. The molecule has 1 amide bonds. The van der Waals surface area contributed by atoms with Gasteiger partial charge in [0.1, 0.15) is 11.9 Å². The Morgan fingerprint density at radius 1 is 1.27 bits per heavy atom. The van der Waals surface area contributed by atoms with Crippen LogP contribution in [0.15, 0.2) is 30.7 Å². The molecule has 1 fully saturated rings. The van der Waals surface area contributed by atoms with E-state index in [9.17, 15) is 4.79 Å². The van der Waals surface area contributed by atoms with Crippen LogP contribution in [0.4, 0.5) is 0 Å². The van der Waals surface area contributed by atoms with Gasteiger partial charge >= 0.3 is 0 Å². The van der Waals surface area contributed by atoms with Crippen molar-refractivity contribution in [1.82, 2.24) is 15.3 Å². The van der Waals surface area contributed by atoms with E-state index < -0.39 is 0 Å². The fourth-order valence-electron chi connectivity index (χ4n) is 3.46. The van der Waals surface area contributed by atoms with E-state index in [0.717, 1.165) is 35.4 Å². The maximum atomic E-state index is 12.3. The number of rotatable bonds is 4. The van der Waals surface area contributed by atoms with E-state index in [0.29, 0.717) is 31.2 Å². The maximum Gasteiger partial charge on any atom is 0.223 e. The third kappa shape index (κ3) is 3.66. The molecule has 7 heteroatoms. The highest BCUT2D eigenvalue weighted by atomic mass is 35.5. The van der Waals surface area contributed by atoms with Crippen molar-refractivity contribution < 1.29 is 14.3 Å². The molecule has 136 valence electrons. The topological polar surface area (TPSA) is 73.3 Å². The van der Waals surface area contributed by atoms with Gasteiger partial charge in [0.2, 0.25) is 5.91 Å². The highest BCUT2D eigenvalue weighted by molar-refractivity contribution is 6.31. The first kappa shape index (κ1) is 17.2. The summed E-state index contributed by atoms with van der Waals surface area (Å²) >= 11 is 6.27. The molecule has 1 N–H and O–H groups in total. The summed E-state index contributed by atoms with van der Waals surface area (Å²) in [7, 11) is 0. The van der Waals surface area contributed by atoms with Crippen molar-refractivity contribution in [2.45, 2.75) is 25.4 Å². The molecular weight excluding hydrogens is 354 g/mol. The molecular formula is C19H20ClN3O3. The Morgan fingerprint density at radius 2 is 2.12 bits per heavy atom. The summed E-state index contributed by atoms with van der Waals surface area (Å²) in [5, 5.41) is 3.66. The Morgan fingerprint density at radius 3 is 2.88 bits per heavy atom. The monoisotopic (exact) mass is 373 g/mol. The second kappa shape index (κ2) is 7.60. The predicted octanol–water partition coefficient (Wildman–Crippen LogP) is 2.64. The van der Waals surface area contributed by atoms with Crippen LogP contribution in [-0.2, 0) is 16.0 Å². The SMILES string of the molecule is O=C(NCC1Cc2cc(Cl)cc(-c3cnccn3)c2O1)C1CCOCC1. The van der Waals surface area contributed by atoms with E-state index in [1.165, 1.54) is 0 Å². The number of nitrogens with zero attached hydrogens (tertiary/aromatic N) is 2. The van der Waals surface area contributed by atoms with Gasteiger partial charge in [0.15, 0.2) is 0 Å². The molecule has 0 radical (unpaired) electrons. The van der Waals surface area contributed by atoms with Crippen molar-refractivity contribution in [3.8, 4) is 17.0 Å². The summed E-state index contributed by atoms with van der Waals surface area (Å²) in [4.78, 5) is 20.8. The molecule has 0 bridgehead atoms. The molecule has 3 heterocycles. The summed E-state index contributed by atoms with van der Waals surface area (Å²) < 4.78 is 11.4. The number of carbonyl (C=O) groups excluding carboxylic acids is 1. The van der Waals surface area contributed by atoms with Gasteiger partial charge in [-0.05, 0) is 25.0 Å². The van der Waals surface area contributed by atoms with Crippen LogP contribution in [0.3, 0.4) is 0 Å². The van der Waals surface area contributed by atoms with Crippen molar-refractivity contribution in [2.75, 3.05) is 19.8 Å². The molecule has 1 saturated heterocycles. The van der Waals surface area contributed by atoms with E-state index >= 15 is 0 Å². The van der Waals surface area contributed by atoms with E-state index in [2.05, 4.69) is 15.3 Å². The zero-order chi connectivity index (χ0) is 17.9. The Labute approximate surface area is 156 Å². The van der Waals surface area contributed by atoms with Crippen LogP contribution in [0.1, 0.15) is 18.4 Å². The number of amides is 1. The molecule has 2 aliphatic rings. The molecule has 0 spiro atoms. The lowest BCUT2D eigenvalue weighted by Gasteiger charge is -2.22. The fraction of sp³-hybridized carbons (Fsp3) is 0.421. The van der Waals surface area contributed by atoms with Crippen molar-refractivity contribution in [1.29, 1.82) is 0 Å². The third-order valence-corrected chi connectivity index (χ3v) is 5.02. The van der Waals surface area contributed by atoms with Gasteiger partial charge in [-0.15, -0.1) is 0 Å². The van der Waals surface area contributed by atoms with E-state index in [1.54, 1.807) is 18.6 Å². The number of aromatic nitrogens is 2. The standard InChI is InChI=1S/C19H20ClN3O3/c20-14-7-13-8-15(10-23-19(24)12-1-5-25-6-2-12)26-18(13)16(9-14)17-11-21-3-4-22-17/h3-4,7,9,11-12,15H,1-2,5-6,8,10H2,(H,23,24). The highest BCUT2D eigenvalue weighted by Crippen LogP contribution is 2.40. The molecule has 1 unspecified atom stereocenters. The lowest BCUT2D eigenvalue weighted by atomic mass is 9.99. The molecule has 1 atom stereocenters. The average molecular weight is 374 g/mol. The summed E-state index contributed by atoms with van der Waals surface area (Å²) in [5.41, 5.74) is 2.58. The van der Waals surface area contributed by atoms with Crippen molar-refractivity contribution in [3.05, 3.63) is 41.3 Å². The zero-order valence-corrected chi connectivity index (χ0v) is 15.0. The normalized spacial score (nSPS) is 19.7. The minimum atomic E-state index is -0.109. The second-order valence-electron chi connectivity index (χ2n) is 6.61. The van der Waals surface area contributed by atoms with Gasteiger partial charge in [-0.1, -0.05) is 11.6 Å². The number of ether oxygens (including phenoxy) is 2. The first-order valence-electron chi connectivity index (χ1n) is 8.81. The molecule has 26 heavy (non-hydrogen) atoms. The van der Waals surface area contributed by atoms with E-state index in [1.807, 2.05) is 12.1 Å². The van der Waals surface area contributed by atoms with Crippen LogP contribution in [0.2, 0.25) is 5.02 Å². The molecule has 6 nitrogen and oxygen atoms in total. The van der Waals surface area contributed by atoms with Crippen LogP contribution >= 0.6 is 11.6 Å². The predicted molar refractivity (Wildman–Crippen MR) is 97.2 cm³/mol. The first-order valence-corrected chi connectivity index (χ1v) is 9.19. The van der Waals surface area contributed by atoms with E-state index in [4.69, 9.17) is 21.1 Å². The van der Waals surface area contributed by atoms with Gasteiger partial charge in [-0.25, -0.2) is 0 Å². The summed E-state index contributed by atoms with van der Waals surface area (Å²) in [5.74, 6) is 0.900. The average Bonchev–Trinajstić information content (AvgIpc) is 3.09. The molecule has 2 aliphatic heterocycles. The second-order valence-corrected chi connectivity index (χ2v) is 7.04. The lowest BCUT2D eigenvalue weighted by molar-refractivity contribution is -0.128. The van der Waals surface area contributed by atoms with Crippen molar-refractivity contribution in [2.24, 2.45) is 5.92 Å². The number of fused-ring (bicyclic) bond motifs is 1. The van der Waals surface area contributed by atoms with Gasteiger partial charge in [-0.3, -0.25) is 14.8 Å². The lowest BCUT2D eigenvalue weighted by Crippen LogP contribution is -2.39. The summed E-state index contributed by atoms with van der Waals surface area (Å²) in [6.07, 6.45) is 7.12. The number of carbonyl (C=O) groups is 1. The minimum Gasteiger partial charge on any atom is -0.487 e. The number of hydrogen-bond acceptors (Lipinski definition) is 5. The minimum absolute atomic E-state index is 0.0390. The summed E-state index contributed by atoms with van der Waals surface area (Å²) in [6, 6.07) is 3.75. The first-order chi connectivity index (χ1) is 12.7. The molecule has 0 aliphatic carbocycles. The largest absolute Gasteiger partial charge is 0.487 e. The third-order valence-electron chi connectivity index (χ3n) is 4.80. The van der Waals surface area contributed by atoms with Crippen molar-refractivity contribution >= 4 is 17.5 Å². The Hall–Kier alpha value is -2.18. The van der Waals surface area contributed by atoms with Crippen LogP contribution in [0.25, 0.3) is 11.3 Å². The van der Waals surface area contributed by atoms with Crippen LogP contribution in [-0.4, -0.2) is 41.7 Å². The highest BCUT2D eigenvalue weighted by Gasteiger charge is 2.29. The molecule has 2 aromatic rings. The fourth-order valence-corrected chi connectivity index (χ4v) is 3.70. The Kier molecular flexibility index (Phi) is 5.04. The van der Waals surface area contributed by atoms with E-state index in [-0.39, 0.29) is 17.9 Å². The number of hydrogen-bond donors (Lipinski definition) is 1. The van der Waals surface area contributed by atoms with Crippen LogP contribution in [0, 0.1) is 5.92 Å².